The third-order valence-corrected chi connectivity index (χ3v) is 5.23. The molecule has 1 amide bonds. The van der Waals surface area contributed by atoms with Crippen molar-refractivity contribution in [3.63, 3.8) is 0 Å². The Morgan fingerprint density at radius 3 is 2.96 bits per heavy atom. The number of carbonyl (C=O) groups excluding carboxylic acids is 1. The second kappa shape index (κ2) is 8.07. The maximum absolute atomic E-state index is 12.0. The van der Waals surface area contributed by atoms with Crippen LogP contribution in [0, 0.1) is 6.92 Å². The van der Waals surface area contributed by atoms with Crippen molar-refractivity contribution in [1.82, 2.24) is 24.8 Å². The van der Waals surface area contributed by atoms with E-state index in [-0.39, 0.29) is 11.9 Å². The lowest BCUT2D eigenvalue weighted by atomic mass is 10.2. The van der Waals surface area contributed by atoms with Gasteiger partial charge in [0.15, 0.2) is 0 Å². The smallest absolute Gasteiger partial charge is 0.226 e. The maximum Gasteiger partial charge on any atom is 0.226 e. The summed E-state index contributed by atoms with van der Waals surface area (Å²) in [5.74, 6) is 1.01. The van der Waals surface area contributed by atoms with Gasteiger partial charge in [0.1, 0.15) is 5.82 Å². The summed E-state index contributed by atoms with van der Waals surface area (Å²) < 4.78 is 7.11. The van der Waals surface area contributed by atoms with E-state index in [0.29, 0.717) is 19.6 Å². The van der Waals surface area contributed by atoms with Gasteiger partial charge in [-0.25, -0.2) is 9.97 Å². The standard InChI is InChI=1S/C17H25N5O2S/c1-12-17-20-14(8-16(23)18-4-7-24-3)9-22(17)6-5-21(12)10-15-11-25-13(2)19-15/h9,11-12H,4-8,10H2,1-3H3,(H,18,23). The van der Waals surface area contributed by atoms with Gasteiger partial charge in [0.25, 0.3) is 0 Å². The molecule has 1 atom stereocenters. The molecule has 136 valence electrons. The Balaban J connectivity index is 1.62. The van der Waals surface area contributed by atoms with Crippen LogP contribution in [-0.4, -0.2) is 52.1 Å². The Hall–Kier alpha value is -1.77. The molecule has 25 heavy (non-hydrogen) atoms. The zero-order valence-corrected chi connectivity index (χ0v) is 15.8. The van der Waals surface area contributed by atoms with Crippen molar-refractivity contribution in [2.75, 3.05) is 26.8 Å². The van der Waals surface area contributed by atoms with Gasteiger partial charge >= 0.3 is 0 Å². The normalized spacial score (nSPS) is 17.5. The number of hydrogen-bond acceptors (Lipinski definition) is 6. The van der Waals surface area contributed by atoms with E-state index in [9.17, 15) is 4.79 Å². The van der Waals surface area contributed by atoms with Gasteiger partial charge in [-0.15, -0.1) is 11.3 Å². The fourth-order valence-electron chi connectivity index (χ4n) is 3.10. The van der Waals surface area contributed by atoms with E-state index >= 15 is 0 Å². The van der Waals surface area contributed by atoms with Crippen LogP contribution in [-0.2, 0) is 29.0 Å². The van der Waals surface area contributed by atoms with Gasteiger partial charge in [0, 0.05) is 44.9 Å². The Morgan fingerprint density at radius 2 is 2.24 bits per heavy atom. The molecular weight excluding hydrogens is 338 g/mol. The Labute approximate surface area is 152 Å². The zero-order valence-electron chi connectivity index (χ0n) is 15.0. The molecular formula is C17H25N5O2S. The molecule has 0 bridgehead atoms. The molecule has 0 aromatic carbocycles. The third kappa shape index (κ3) is 4.45. The molecule has 1 aliphatic heterocycles. The van der Waals surface area contributed by atoms with E-state index < -0.39 is 0 Å². The molecule has 1 aliphatic rings. The van der Waals surface area contributed by atoms with Crippen molar-refractivity contribution < 1.29 is 9.53 Å². The number of nitrogens with one attached hydrogen (secondary N) is 1. The molecule has 0 spiro atoms. The van der Waals surface area contributed by atoms with Crippen LogP contribution in [0.2, 0.25) is 0 Å². The molecule has 2 aromatic heterocycles. The summed E-state index contributed by atoms with van der Waals surface area (Å²) in [5.41, 5.74) is 1.94. The van der Waals surface area contributed by atoms with Gasteiger partial charge in [0.05, 0.1) is 35.5 Å². The fraction of sp³-hybridized carbons (Fsp3) is 0.588. The summed E-state index contributed by atoms with van der Waals surface area (Å²) in [6.45, 7) is 7.94. The first-order valence-corrected chi connectivity index (χ1v) is 9.41. The van der Waals surface area contributed by atoms with Crippen molar-refractivity contribution in [2.45, 2.75) is 39.4 Å². The number of carbonyl (C=O) groups is 1. The number of imidazole rings is 1. The Morgan fingerprint density at radius 1 is 1.40 bits per heavy atom. The van der Waals surface area contributed by atoms with Crippen LogP contribution in [0.1, 0.15) is 35.2 Å². The SMILES string of the molecule is COCCNC(=O)Cc1cn2c(n1)C(C)N(Cc1csc(C)n1)CC2. The van der Waals surface area contributed by atoms with Gasteiger partial charge in [-0.3, -0.25) is 9.69 Å². The van der Waals surface area contributed by atoms with E-state index in [2.05, 4.69) is 32.1 Å². The number of amides is 1. The average Bonchev–Trinajstić information content (AvgIpc) is 3.17. The molecule has 0 saturated carbocycles. The van der Waals surface area contributed by atoms with Gasteiger partial charge in [-0.2, -0.15) is 0 Å². The highest BCUT2D eigenvalue weighted by atomic mass is 32.1. The van der Waals surface area contributed by atoms with Crippen LogP contribution in [0.3, 0.4) is 0 Å². The molecule has 3 rings (SSSR count). The monoisotopic (exact) mass is 363 g/mol. The predicted molar refractivity (Wildman–Crippen MR) is 96.5 cm³/mol. The molecule has 0 aliphatic carbocycles. The molecule has 0 fully saturated rings. The molecule has 1 N–H and O–H groups in total. The zero-order chi connectivity index (χ0) is 17.8. The molecule has 2 aromatic rings. The number of rotatable bonds is 7. The van der Waals surface area contributed by atoms with Crippen LogP contribution < -0.4 is 5.32 Å². The minimum absolute atomic E-state index is 0.0186. The van der Waals surface area contributed by atoms with E-state index in [1.54, 1.807) is 18.4 Å². The van der Waals surface area contributed by atoms with Gasteiger partial charge in [-0.1, -0.05) is 0 Å². The molecule has 3 heterocycles. The van der Waals surface area contributed by atoms with Crippen LogP contribution >= 0.6 is 11.3 Å². The summed E-state index contributed by atoms with van der Waals surface area (Å²) in [6, 6.07) is 0.209. The van der Waals surface area contributed by atoms with Crippen LogP contribution in [0.15, 0.2) is 11.6 Å². The van der Waals surface area contributed by atoms with E-state index in [1.807, 2.05) is 13.1 Å². The number of thiazole rings is 1. The number of nitrogens with zero attached hydrogens (tertiary/aromatic N) is 4. The summed E-state index contributed by atoms with van der Waals surface area (Å²) in [5, 5.41) is 6.06. The first-order valence-electron chi connectivity index (χ1n) is 8.53. The highest BCUT2D eigenvalue weighted by Gasteiger charge is 2.27. The lowest BCUT2D eigenvalue weighted by Gasteiger charge is -2.33. The summed E-state index contributed by atoms with van der Waals surface area (Å²) in [6.07, 6.45) is 2.31. The van der Waals surface area contributed by atoms with Crippen molar-refractivity contribution >= 4 is 17.2 Å². The number of ether oxygens (including phenoxy) is 1. The molecule has 0 saturated heterocycles. The Kier molecular flexibility index (Phi) is 5.82. The lowest BCUT2D eigenvalue weighted by molar-refractivity contribution is -0.120. The quantitative estimate of drug-likeness (QED) is 0.756. The minimum atomic E-state index is -0.0186. The fourth-order valence-corrected chi connectivity index (χ4v) is 3.71. The van der Waals surface area contributed by atoms with Gasteiger partial charge < -0.3 is 14.6 Å². The number of methoxy groups -OCH3 is 1. The summed E-state index contributed by atoms with van der Waals surface area (Å²) in [7, 11) is 1.62. The van der Waals surface area contributed by atoms with Crippen molar-refractivity contribution in [2.24, 2.45) is 0 Å². The van der Waals surface area contributed by atoms with E-state index in [0.717, 1.165) is 41.9 Å². The number of hydrogen-bond donors (Lipinski definition) is 1. The third-order valence-electron chi connectivity index (χ3n) is 4.41. The van der Waals surface area contributed by atoms with Crippen LogP contribution in [0.5, 0.6) is 0 Å². The maximum atomic E-state index is 12.0. The van der Waals surface area contributed by atoms with Gasteiger partial charge in [-0.05, 0) is 13.8 Å². The largest absolute Gasteiger partial charge is 0.383 e. The number of aromatic nitrogens is 3. The topological polar surface area (TPSA) is 72.3 Å². The second-order valence-corrected chi connectivity index (χ2v) is 7.37. The van der Waals surface area contributed by atoms with E-state index in [1.165, 1.54) is 0 Å². The molecule has 8 heteroatoms. The van der Waals surface area contributed by atoms with E-state index in [4.69, 9.17) is 9.72 Å². The molecule has 7 nitrogen and oxygen atoms in total. The predicted octanol–water partition coefficient (Wildman–Crippen LogP) is 1.53. The van der Waals surface area contributed by atoms with Gasteiger partial charge in [0.2, 0.25) is 5.91 Å². The highest BCUT2D eigenvalue weighted by Crippen LogP contribution is 2.26. The molecule has 0 radical (unpaired) electrons. The van der Waals surface area contributed by atoms with Crippen LogP contribution in [0.4, 0.5) is 0 Å². The average molecular weight is 363 g/mol. The minimum Gasteiger partial charge on any atom is -0.383 e. The number of aryl methyl sites for hydroxylation is 1. The second-order valence-electron chi connectivity index (χ2n) is 6.31. The highest BCUT2D eigenvalue weighted by molar-refractivity contribution is 7.09. The lowest BCUT2D eigenvalue weighted by Crippen LogP contribution is -2.36. The number of fused-ring (bicyclic) bond motifs is 1. The van der Waals surface area contributed by atoms with Crippen molar-refractivity contribution in [3.05, 3.63) is 33.8 Å². The summed E-state index contributed by atoms with van der Waals surface area (Å²) in [4.78, 5) is 23.6. The summed E-state index contributed by atoms with van der Waals surface area (Å²) >= 11 is 1.69. The van der Waals surface area contributed by atoms with Crippen molar-refractivity contribution in [1.29, 1.82) is 0 Å². The van der Waals surface area contributed by atoms with Crippen molar-refractivity contribution in [3.8, 4) is 0 Å². The van der Waals surface area contributed by atoms with Crippen LogP contribution in [0.25, 0.3) is 0 Å². The molecule has 1 unspecified atom stereocenters. The Bertz CT molecular complexity index is 726. The first kappa shape index (κ1) is 18.0. The first-order chi connectivity index (χ1) is 12.1.